The normalized spacial score (nSPS) is 14.5. The van der Waals surface area contributed by atoms with Crippen molar-refractivity contribution in [3.8, 4) is 0 Å². The van der Waals surface area contributed by atoms with Gasteiger partial charge in [-0.3, -0.25) is 4.79 Å². The van der Waals surface area contributed by atoms with Crippen LogP contribution in [0.2, 0.25) is 0 Å². The molecule has 5 heteroatoms. The minimum atomic E-state index is -0.169. The maximum Gasteiger partial charge on any atom is 0.319 e. The summed E-state index contributed by atoms with van der Waals surface area (Å²) < 4.78 is 0. The number of hydrogen-bond acceptors (Lipinski definition) is 2. The zero-order valence-electron chi connectivity index (χ0n) is 15.0. The molecule has 0 atom stereocenters. The molecule has 0 unspecified atom stereocenters. The predicted octanol–water partition coefficient (Wildman–Crippen LogP) is 4.70. The number of aryl methyl sites for hydroxylation is 1. The van der Waals surface area contributed by atoms with Gasteiger partial charge in [0.15, 0.2) is 0 Å². The summed E-state index contributed by atoms with van der Waals surface area (Å²) in [5.41, 5.74) is 2.95. The molecule has 2 aromatic carbocycles. The highest BCUT2D eigenvalue weighted by atomic mass is 16.2. The van der Waals surface area contributed by atoms with E-state index in [1.54, 1.807) is 18.2 Å². The van der Waals surface area contributed by atoms with E-state index in [0.717, 1.165) is 24.1 Å². The van der Waals surface area contributed by atoms with Gasteiger partial charge >= 0.3 is 6.03 Å². The molecule has 1 saturated carbocycles. The summed E-state index contributed by atoms with van der Waals surface area (Å²) in [5.74, 6) is -0.149. The Balaban J connectivity index is 1.58. The van der Waals surface area contributed by atoms with Crippen LogP contribution in [0.5, 0.6) is 0 Å². The Bertz CT molecular complexity index is 768. The van der Waals surface area contributed by atoms with Crippen LogP contribution in [0.4, 0.5) is 16.2 Å². The molecule has 3 rings (SSSR count). The van der Waals surface area contributed by atoms with Crippen molar-refractivity contribution in [3.05, 3.63) is 59.7 Å². The molecule has 26 heavy (non-hydrogen) atoms. The van der Waals surface area contributed by atoms with E-state index in [4.69, 9.17) is 0 Å². The standard InChI is InChI=1S/C21H25N3O2/c1-15-14-18(23-21(26)22-17-10-6-3-7-11-17)12-13-19(15)24-20(25)16-8-4-2-5-9-16/h2,4-5,8-9,12-14,17H,3,6-7,10-11H2,1H3,(H,24,25)(H2,22,23,26). The van der Waals surface area contributed by atoms with Crippen molar-refractivity contribution in [2.75, 3.05) is 10.6 Å². The number of urea groups is 1. The van der Waals surface area contributed by atoms with E-state index in [2.05, 4.69) is 16.0 Å². The second-order valence-corrected chi connectivity index (χ2v) is 6.78. The fraction of sp³-hybridized carbons (Fsp3) is 0.333. The number of anilines is 2. The molecular weight excluding hydrogens is 326 g/mol. The summed E-state index contributed by atoms with van der Waals surface area (Å²) in [4.78, 5) is 24.4. The lowest BCUT2D eigenvalue weighted by Crippen LogP contribution is -2.39. The molecule has 1 fully saturated rings. The van der Waals surface area contributed by atoms with Crippen molar-refractivity contribution in [1.29, 1.82) is 0 Å². The van der Waals surface area contributed by atoms with Crippen LogP contribution >= 0.6 is 0 Å². The summed E-state index contributed by atoms with van der Waals surface area (Å²) in [6.07, 6.45) is 5.72. The fourth-order valence-electron chi connectivity index (χ4n) is 3.27. The molecule has 0 radical (unpaired) electrons. The first-order chi connectivity index (χ1) is 12.6. The Morgan fingerprint density at radius 1 is 0.923 bits per heavy atom. The van der Waals surface area contributed by atoms with Crippen LogP contribution in [-0.2, 0) is 0 Å². The van der Waals surface area contributed by atoms with Crippen LogP contribution in [0.15, 0.2) is 48.5 Å². The van der Waals surface area contributed by atoms with E-state index < -0.39 is 0 Å². The number of benzene rings is 2. The van der Waals surface area contributed by atoms with Gasteiger partial charge in [-0.05, 0) is 55.7 Å². The number of amides is 3. The third-order valence-corrected chi connectivity index (χ3v) is 4.71. The average molecular weight is 351 g/mol. The highest BCUT2D eigenvalue weighted by Gasteiger charge is 2.16. The first-order valence-electron chi connectivity index (χ1n) is 9.16. The molecule has 3 N–H and O–H groups in total. The van der Waals surface area contributed by atoms with Gasteiger partial charge in [0, 0.05) is 23.0 Å². The lowest BCUT2D eigenvalue weighted by atomic mass is 9.96. The third kappa shape index (κ3) is 4.85. The topological polar surface area (TPSA) is 70.2 Å². The predicted molar refractivity (Wildman–Crippen MR) is 105 cm³/mol. The molecule has 0 bridgehead atoms. The maximum absolute atomic E-state index is 12.3. The smallest absolute Gasteiger partial charge is 0.319 e. The van der Waals surface area contributed by atoms with E-state index >= 15 is 0 Å². The van der Waals surface area contributed by atoms with Crippen molar-refractivity contribution in [2.24, 2.45) is 0 Å². The summed E-state index contributed by atoms with van der Waals surface area (Å²) in [5, 5.41) is 8.82. The third-order valence-electron chi connectivity index (χ3n) is 4.71. The van der Waals surface area contributed by atoms with E-state index in [1.807, 2.05) is 37.3 Å². The van der Waals surface area contributed by atoms with Crippen LogP contribution in [0.25, 0.3) is 0 Å². The van der Waals surface area contributed by atoms with Gasteiger partial charge in [-0.25, -0.2) is 4.79 Å². The molecule has 0 saturated heterocycles. The van der Waals surface area contributed by atoms with Gasteiger partial charge in [0.05, 0.1) is 0 Å². The number of carbonyl (C=O) groups is 2. The second kappa shape index (κ2) is 8.52. The first-order valence-corrected chi connectivity index (χ1v) is 9.16. The molecule has 3 amide bonds. The average Bonchev–Trinajstić information content (AvgIpc) is 2.65. The lowest BCUT2D eigenvalue weighted by Gasteiger charge is -2.23. The van der Waals surface area contributed by atoms with Crippen LogP contribution in [0.1, 0.15) is 48.0 Å². The van der Waals surface area contributed by atoms with Gasteiger partial charge in [-0.1, -0.05) is 37.5 Å². The summed E-state index contributed by atoms with van der Waals surface area (Å²) >= 11 is 0. The van der Waals surface area contributed by atoms with E-state index in [1.165, 1.54) is 19.3 Å². The quantitative estimate of drug-likeness (QED) is 0.747. The van der Waals surface area contributed by atoms with Crippen molar-refractivity contribution < 1.29 is 9.59 Å². The minimum Gasteiger partial charge on any atom is -0.335 e. The van der Waals surface area contributed by atoms with Gasteiger partial charge in [0.1, 0.15) is 0 Å². The van der Waals surface area contributed by atoms with Crippen molar-refractivity contribution >= 4 is 23.3 Å². The van der Waals surface area contributed by atoms with Crippen molar-refractivity contribution in [3.63, 3.8) is 0 Å². The molecule has 0 aromatic heterocycles. The summed E-state index contributed by atoms with van der Waals surface area (Å²) in [6, 6.07) is 14.7. The Kier molecular flexibility index (Phi) is 5.89. The van der Waals surface area contributed by atoms with E-state index in [-0.39, 0.29) is 18.0 Å². The molecule has 136 valence electrons. The maximum atomic E-state index is 12.3. The Hall–Kier alpha value is -2.82. The Labute approximate surface area is 154 Å². The number of hydrogen-bond donors (Lipinski definition) is 3. The molecule has 2 aromatic rings. The van der Waals surface area contributed by atoms with Gasteiger partial charge < -0.3 is 16.0 Å². The lowest BCUT2D eigenvalue weighted by molar-refractivity contribution is 0.102. The molecule has 1 aliphatic rings. The van der Waals surface area contributed by atoms with Crippen LogP contribution in [0.3, 0.4) is 0 Å². The zero-order chi connectivity index (χ0) is 18.4. The zero-order valence-corrected chi connectivity index (χ0v) is 15.0. The SMILES string of the molecule is Cc1cc(NC(=O)NC2CCCCC2)ccc1NC(=O)c1ccccc1. The highest BCUT2D eigenvalue weighted by molar-refractivity contribution is 6.04. The first kappa shape index (κ1) is 18.0. The largest absolute Gasteiger partial charge is 0.335 e. The number of carbonyl (C=O) groups excluding carboxylic acids is 2. The Morgan fingerprint density at radius 2 is 1.65 bits per heavy atom. The van der Waals surface area contributed by atoms with Gasteiger partial charge in [-0.2, -0.15) is 0 Å². The molecule has 1 aliphatic carbocycles. The van der Waals surface area contributed by atoms with Crippen LogP contribution < -0.4 is 16.0 Å². The van der Waals surface area contributed by atoms with Crippen molar-refractivity contribution in [2.45, 2.75) is 45.1 Å². The molecular formula is C21H25N3O2. The molecule has 0 spiro atoms. The van der Waals surface area contributed by atoms with Gasteiger partial charge in [0.2, 0.25) is 0 Å². The summed E-state index contributed by atoms with van der Waals surface area (Å²) in [6.45, 7) is 1.91. The van der Waals surface area contributed by atoms with E-state index in [0.29, 0.717) is 11.3 Å². The van der Waals surface area contributed by atoms with E-state index in [9.17, 15) is 9.59 Å². The second-order valence-electron chi connectivity index (χ2n) is 6.78. The van der Waals surface area contributed by atoms with Gasteiger partial charge in [0.25, 0.3) is 5.91 Å². The minimum absolute atomic E-state index is 0.149. The van der Waals surface area contributed by atoms with Crippen LogP contribution in [0, 0.1) is 6.92 Å². The molecule has 5 nitrogen and oxygen atoms in total. The van der Waals surface area contributed by atoms with Crippen LogP contribution in [-0.4, -0.2) is 18.0 Å². The van der Waals surface area contributed by atoms with Crippen molar-refractivity contribution in [1.82, 2.24) is 5.32 Å². The number of nitrogens with one attached hydrogen (secondary N) is 3. The number of rotatable bonds is 4. The Morgan fingerprint density at radius 3 is 2.35 bits per heavy atom. The summed E-state index contributed by atoms with van der Waals surface area (Å²) in [7, 11) is 0. The van der Waals surface area contributed by atoms with Gasteiger partial charge in [-0.15, -0.1) is 0 Å². The monoisotopic (exact) mass is 351 g/mol. The fourth-order valence-corrected chi connectivity index (χ4v) is 3.27. The molecule has 0 heterocycles. The highest BCUT2D eigenvalue weighted by Crippen LogP contribution is 2.21. The molecule has 0 aliphatic heterocycles.